The van der Waals surface area contributed by atoms with E-state index in [-0.39, 0.29) is 23.2 Å². The van der Waals surface area contributed by atoms with Gasteiger partial charge in [-0.15, -0.1) is 10.2 Å². The zero-order valence-corrected chi connectivity index (χ0v) is 19.6. The number of halogens is 1. The molecule has 4 rings (SSSR count). The first-order valence-corrected chi connectivity index (χ1v) is 12.3. The summed E-state index contributed by atoms with van der Waals surface area (Å²) in [5.74, 6) is -0.230. The summed E-state index contributed by atoms with van der Waals surface area (Å²) in [4.78, 5) is 27.1. The van der Waals surface area contributed by atoms with Crippen LogP contribution in [0.2, 0.25) is 0 Å². The number of anilines is 1. The van der Waals surface area contributed by atoms with Gasteiger partial charge >= 0.3 is 0 Å². The fourth-order valence-corrected chi connectivity index (χ4v) is 5.05. The molecule has 1 fully saturated rings. The van der Waals surface area contributed by atoms with Gasteiger partial charge in [-0.1, -0.05) is 35.9 Å². The minimum atomic E-state index is -0.513. The Bertz CT molecular complexity index is 1110. The van der Waals surface area contributed by atoms with Crippen LogP contribution in [0.25, 0.3) is 5.69 Å². The van der Waals surface area contributed by atoms with Crippen LogP contribution in [0.4, 0.5) is 9.52 Å². The highest BCUT2D eigenvalue weighted by Gasteiger charge is 2.21. The highest BCUT2D eigenvalue weighted by molar-refractivity contribution is 8.01. The summed E-state index contributed by atoms with van der Waals surface area (Å²) in [6, 6.07) is 5.71. The van der Waals surface area contributed by atoms with Crippen molar-refractivity contribution >= 4 is 40.0 Å². The van der Waals surface area contributed by atoms with E-state index >= 15 is 0 Å². The Labute approximate surface area is 198 Å². The first-order chi connectivity index (χ1) is 16.0. The number of amides is 2. The standard InChI is InChI=1S/C21H23FN6O3S2/c1-31-16-12-28(15-8-6-14(22)7-9-15)26-18(16)19(30)23-20-24-25-21(33-20)32-13-17(29)27-10-4-2-3-5-11-27/h6-9,12H,2-5,10-11,13H2,1H3,(H,23,24,30). The lowest BCUT2D eigenvalue weighted by Crippen LogP contribution is -2.33. The number of thioether (sulfide) groups is 1. The number of nitrogens with one attached hydrogen (secondary N) is 1. The largest absolute Gasteiger partial charge is 0.493 e. The third-order valence-corrected chi connectivity index (χ3v) is 7.07. The van der Waals surface area contributed by atoms with Crippen molar-refractivity contribution in [2.24, 2.45) is 0 Å². The van der Waals surface area contributed by atoms with E-state index in [9.17, 15) is 14.0 Å². The van der Waals surface area contributed by atoms with Crippen molar-refractivity contribution in [3.63, 3.8) is 0 Å². The quantitative estimate of drug-likeness (QED) is 0.399. The first kappa shape index (κ1) is 23.2. The minimum Gasteiger partial charge on any atom is -0.493 e. The molecule has 3 aromatic rings. The summed E-state index contributed by atoms with van der Waals surface area (Å²) < 4.78 is 20.5. The lowest BCUT2D eigenvalue weighted by atomic mass is 10.2. The number of carbonyl (C=O) groups excluding carboxylic acids is 2. The van der Waals surface area contributed by atoms with Gasteiger partial charge in [-0.05, 0) is 37.1 Å². The lowest BCUT2D eigenvalue weighted by molar-refractivity contribution is -0.128. The van der Waals surface area contributed by atoms with Crippen LogP contribution in [-0.2, 0) is 4.79 Å². The summed E-state index contributed by atoms with van der Waals surface area (Å²) in [5.41, 5.74) is 0.639. The molecule has 1 aliphatic heterocycles. The van der Waals surface area contributed by atoms with E-state index in [0.29, 0.717) is 20.9 Å². The molecule has 0 aliphatic carbocycles. The maximum Gasteiger partial charge on any atom is 0.281 e. The molecule has 0 unspecified atom stereocenters. The Morgan fingerprint density at radius 3 is 2.58 bits per heavy atom. The minimum absolute atomic E-state index is 0.0579. The third kappa shape index (κ3) is 5.88. The molecular formula is C21H23FN6O3S2. The van der Waals surface area contributed by atoms with E-state index in [0.717, 1.165) is 25.9 Å². The number of rotatable bonds is 7. The topological polar surface area (TPSA) is 102 Å². The molecule has 0 spiro atoms. The molecule has 3 heterocycles. The Morgan fingerprint density at radius 2 is 1.88 bits per heavy atom. The van der Waals surface area contributed by atoms with Crippen LogP contribution < -0.4 is 10.1 Å². The van der Waals surface area contributed by atoms with E-state index in [1.165, 1.54) is 66.1 Å². The van der Waals surface area contributed by atoms with Gasteiger partial charge in [0.25, 0.3) is 5.91 Å². The summed E-state index contributed by atoms with van der Waals surface area (Å²) in [6.07, 6.45) is 5.97. The molecule has 0 bridgehead atoms. The van der Waals surface area contributed by atoms with Crippen molar-refractivity contribution in [1.29, 1.82) is 0 Å². The zero-order chi connectivity index (χ0) is 23.2. The number of hydrogen-bond donors (Lipinski definition) is 1. The fourth-order valence-electron chi connectivity index (χ4n) is 3.40. The molecule has 1 aromatic carbocycles. The maximum atomic E-state index is 13.2. The van der Waals surface area contributed by atoms with Crippen molar-refractivity contribution < 1.29 is 18.7 Å². The number of hydrogen-bond acceptors (Lipinski definition) is 8. The zero-order valence-electron chi connectivity index (χ0n) is 18.0. The lowest BCUT2D eigenvalue weighted by Gasteiger charge is -2.19. The van der Waals surface area contributed by atoms with Gasteiger partial charge in [0, 0.05) is 13.1 Å². The molecule has 0 atom stereocenters. The Kier molecular flexibility index (Phi) is 7.55. The van der Waals surface area contributed by atoms with Crippen LogP contribution in [-0.4, -0.2) is 62.6 Å². The Balaban J connectivity index is 1.37. The number of benzene rings is 1. The molecule has 1 saturated heterocycles. The van der Waals surface area contributed by atoms with E-state index < -0.39 is 5.91 Å². The first-order valence-electron chi connectivity index (χ1n) is 10.5. The number of carbonyl (C=O) groups is 2. The molecule has 1 N–H and O–H groups in total. The average molecular weight is 491 g/mol. The fraction of sp³-hybridized carbons (Fsp3) is 0.381. The van der Waals surface area contributed by atoms with Crippen LogP contribution in [0.15, 0.2) is 34.8 Å². The summed E-state index contributed by atoms with van der Waals surface area (Å²) in [5, 5.41) is 15.3. The molecule has 2 amide bonds. The molecule has 9 nitrogen and oxygen atoms in total. The monoisotopic (exact) mass is 490 g/mol. The predicted molar refractivity (Wildman–Crippen MR) is 124 cm³/mol. The van der Waals surface area contributed by atoms with Gasteiger partial charge in [-0.3, -0.25) is 14.9 Å². The average Bonchev–Trinajstić information content (AvgIpc) is 3.36. The number of aromatic nitrogens is 4. The van der Waals surface area contributed by atoms with Gasteiger partial charge in [0.1, 0.15) is 5.82 Å². The second-order valence-electron chi connectivity index (χ2n) is 7.38. The molecule has 33 heavy (non-hydrogen) atoms. The summed E-state index contributed by atoms with van der Waals surface area (Å²) in [7, 11) is 1.43. The van der Waals surface area contributed by atoms with Gasteiger partial charge in [-0.2, -0.15) is 5.10 Å². The molecule has 1 aliphatic rings. The Morgan fingerprint density at radius 1 is 1.15 bits per heavy atom. The number of likely N-dealkylation sites (tertiary alicyclic amines) is 1. The van der Waals surface area contributed by atoms with Crippen LogP contribution in [0.1, 0.15) is 36.2 Å². The highest BCUT2D eigenvalue weighted by atomic mass is 32.2. The second-order valence-corrected chi connectivity index (χ2v) is 9.58. The predicted octanol–water partition coefficient (Wildman–Crippen LogP) is 3.62. The second kappa shape index (κ2) is 10.8. The van der Waals surface area contributed by atoms with Crippen molar-refractivity contribution in [1.82, 2.24) is 24.9 Å². The van der Waals surface area contributed by atoms with E-state index in [1.54, 1.807) is 12.1 Å². The van der Waals surface area contributed by atoms with Gasteiger partial charge in [-0.25, -0.2) is 9.07 Å². The number of methoxy groups -OCH3 is 1. The van der Waals surface area contributed by atoms with Crippen LogP contribution in [0, 0.1) is 5.82 Å². The SMILES string of the molecule is COc1cn(-c2ccc(F)cc2)nc1C(=O)Nc1nnc(SCC(=O)N2CCCCCC2)s1. The summed E-state index contributed by atoms with van der Waals surface area (Å²) >= 11 is 2.50. The Hall–Kier alpha value is -2.99. The van der Waals surface area contributed by atoms with Gasteiger partial charge in [0.2, 0.25) is 11.0 Å². The highest BCUT2D eigenvalue weighted by Crippen LogP contribution is 2.27. The number of nitrogens with zero attached hydrogens (tertiary/aromatic N) is 5. The molecular weight excluding hydrogens is 467 g/mol. The molecule has 0 saturated carbocycles. The van der Waals surface area contributed by atoms with Crippen LogP contribution >= 0.6 is 23.1 Å². The van der Waals surface area contributed by atoms with Gasteiger partial charge in [0.15, 0.2) is 15.8 Å². The van der Waals surface area contributed by atoms with Crippen molar-refractivity contribution in [2.45, 2.75) is 30.0 Å². The van der Waals surface area contributed by atoms with E-state index in [2.05, 4.69) is 20.6 Å². The number of ether oxygens (including phenoxy) is 1. The maximum absolute atomic E-state index is 13.2. The van der Waals surface area contributed by atoms with Crippen molar-refractivity contribution in [3.05, 3.63) is 42.0 Å². The van der Waals surface area contributed by atoms with Crippen LogP contribution in [0.5, 0.6) is 5.75 Å². The van der Waals surface area contributed by atoms with E-state index in [4.69, 9.17) is 4.74 Å². The van der Waals surface area contributed by atoms with Crippen molar-refractivity contribution in [2.75, 3.05) is 31.3 Å². The van der Waals surface area contributed by atoms with Gasteiger partial charge in [0.05, 0.1) is 24.7 Å². The molecule has 174 valence electrons. The molecule has 12 heteroatoms. The molecule has 2 aromatic heterocycles. The van der Waals surface area contributed by atoms with E-state index in [1.807, 2.05) is 4.90 Å². The summed E-state index contributed by atoms with van der Waals surface area (Å²) in [6.45, 7) is 1.62. The normalized spacial score (nSPS) is 14.1. The molecule has 0 radical (unpaired) electrons. The van der Waals surface area contributed by atoms with Crippen LogP contribution in [0.3, 0.4) is 0 Å². The van der Waals surface area contributed by atoms with Crippen molar-refractivity contribution in [3.8, 4) is 11.4 Å². The third-order valence-electron chi connectivity index (χ3n) is 5.11. The van der Waals surface area contributed by atoms with Gasteiger partial charge < -0.3 is 9.64 Å². The smallest absolute Gasteiger partial charge is 0.281 e.